The van der Waals surface area contributed by atoms with Crippen molar-refractivity contribution in [2.75, 3.05) is 0 Å². The predicted octanol–water partition coefficient (Wildman–Crippen LogP) is 2.86. The SMILES string of the molecule is O=C(Cl)c1cc(-c2ccccc2F)no1. The van der Waals surface area contributed by atoms with Gasteiger partial charge in [-0.1, -0.05) is 17.3 Å². The Labute approximate surface area is 89.4 Å². The first-order valence-electron chi connectivity index (χ1n) is 4.10. The quantitative estimate of drug-likeness (QED) is 0.738. The summed E-state index contributed by atoms with van der Waals surface area (Å²) in [6.07, 6.45) is 0. The summed E-state index contributed by atoms with van der Waals surface area (Å²) in [6, 6.07) is 7.36. The predicted molar refractivity (Wildman–Crippen MR) is 52.1 cm³/mol. The summed E-state index contributed by atoms with van der Waals surface area (Å²) in [6.45, 7) is 0. The standard InChI is InChI=1S/C10H5ClFNO2/c11-10(14)9-5-8(13-15-9)6-3-1-2-4-7(6)12/h1-5H. The average molecular weight is 226 g/mol. The van der Waals surface area contributed by atoms with E-state index in [-0.39, 0.29) is 17.0 Å². The Kier molecular flexibility index (Phi) is 2.51. The molecule has 0 spiro atoms. The monoisotopic (exact) mass is 225 g/mol. The highest BCUT2D eigenvalue weighted by Crippen LogP contribution is 2.22. The topological polar surface area (TPSA) is 43.1 Å². The number of carbonyl (C=O) groups is 1. The van der Waals surface area contributed by atoms with Crippen LogP contribution in [0.3, 0.4) is 0 Å². The molecule has 0 unspecified atom stereocenters. The molecular formula is C10H5ClFNO2. The number of halogens is 2. The number of hydrogen-bond acceptors (Lipinski definition) is 3. The highest BCUT2D eigenvalue weighted by Gasteiger charge is 2.13. The third kappa shape index (κ3) is 1.89. The van der Waals surface area contributed by atoms with Crippen LogP contribution < -0.4 is 0 Å². The van der Waals surface area contributed by atoms with Crippen molar-refractivity contribution < 1.29 is 13.7 Å². The molecule has 2 rings (SSSR count). The maximum Gasteiger partial charge on any atom is 0.290 e. The lowest BCUT2D eigenvalue weighted by atomic mass is 10.1. The van der Waals surface area contributed by atoms with Crippen LogP contribution in [-0.4, -0.2) is 10.4 Å². The van der Waals surface area contributed by atoms with Crippen LogP contribution in [0.1, 0.15) is 10.6 Å². The molecule has 0 radical (unpaired) electrons. The summed E-state index contributed by atoms with van der Waals surface area (Å²) >= 11 is 5.18. The third-order valence-corrected chi connectivity index (χ3v) is 2.04. The van der Waals surface area contributed by atoms with Gasteiger partial charge in [-0.15, -0.1) is 0 Å². The normalized spacial score (nSPS) is 10.3. The van der Waals surface area contributed by atoms with Crippen LogP contribution in [0, 0.1) is 5.82 Å². The molecule has 0 fully saturated rings. The lowest BCUT2D eigenvalue weighted by molar-refractivity contribution is 0.104. The molecule has 3 nitrogen and oxygen atoms in total. The molecule has 15 heavy (non-hydrogen) atoms. The summed E-state index contributed by atoms with van der Waals surface area (Å²) in [5.74, 6) is -0.533. The van der Waals surface area contributed by atoms with Gasteiger partial charge in [0.1, 0.15) is 11.5 Å². The van der Waals surface area contributed by atoms with Crippen LogP contribution in [0.25, 0.3) is 11.3 Å². The smallest absolute Gasteiger partial charge is 0.290 e. The maximum atomic E-state index is 13.3. The molecule has 0 aliphatic heterocycles. The summed E-state index contributed by atoms with van der Waals surface area (Å²) < 4.78 is 17.9. The van der Waals surface area contributed by atoms with E-state index in [4.69, 9.17) is 11.6 Å². The second-order valence-electron chi connectivity index (χ2n) is 2.83. The van der Waals surface area contributed by atoms with Gasteiger partial charge in [0.05, 0.1) is 0 Å². The van der Waals surface area contributed by atoms with Crippen molar-refractivity contribution >= 4 is 16.8 Å². The Morgan fingerprint density at radius 3 is 2.73 bits per heavy atom. The van der Waals surface area contributed by atoms with Gasteiger partial charge in [-0.2, -0.15) is 0 Å². The molecule has 0 N–H and O–H groups in total. The Hall–Kier alpha value is -1.68. The Balaban J connectivity index is 2.46. The highest BCUT2D eigenvalue weighted by atomic mass is 35.5. The molecular weight excluding hydrogens is 221 g/mol. The highest BCUT2D eigenvalue weighted by molar-refractivity contribution is 6.67. The largest absolute Gasteiger partial charge is 0.351 e. The molecule has 0 saturated heterocycles. The van der Waals surface area contributed by atoms with Crippen molar-refractivity contribution in [3.63, 3.8) is 0 Å². The van der Waals surface area contributed by atoms with E-state index in [0.29, 0.717) is 0 Å². The molecule has 1 aromatic heterocycles. The van der Waals surface area contributed by atoms with Crippen molar-refractivity contribution in [3.05, 3.63) is 41.9 Å². The number of nitrogens with zero attached hydrogens (tertiary/aromatic N) is 1. The molecule has 5 heteroatoms. The zero-order valence-electron chi connectivity index (χ0n) is 7.41. The van der Waals surface area contributed by atoms with E-state index in [0.717, 1.165) is 0 Å². The molecule has 1 heterocycles. The second kappa shape index (κ2) is 3.82. The van der Waals surface area contributed by atoms with Gasteiger partial charge >= 0.3 is 0 Å². The summed E-state index contributed by atoms with van der Waals surface area (Å²) in [5.41, 5.74) is 0.516. The van der Waals surface area contributed by atoms with E-state index in [9.17, 15) is 9.18 Å². The summed E-state index contributed by atoms with van der Waals surface area (Å²) in [4.78, 5) is 10.7. The lowest BCUT2D eigenvalue weighted by Gasteiger charge is -1.95. The van der Waals surface area contributed by atoms with Crippen molar-refractivity contribution in [3.8, 4) is 11.3 Å². The lowest BCUT2D eigenvalue weighted by Crippen LogP contribution is -1.83. The summed E-state index contributed by atoms with van der Waals surface area (Å²) in [5, 5.41) is 2.79. The van der Waals surface area contributed by atoms with E-state index in [1.807, 2.05) is 0 Å². The Bertz CT molecular complexity index is 510. The van der Waals surface area contributed by atoms with Gasteiger partial charge in [-0.05, 0) is 23.7 Å². The van der Waals surface area contributed by atoms with E-state index in [2.05, 4.69) is 9.68 Å². The second-order valence-corrected chi connectivity index (χ2v) is 3.17. The van der Waals surface area contributed by atoms with Crippen molar-refractivity contribution in [2.24, 2.45) is 0 Å². The van der Waals surface area contributed by atoms with Gasteiger partial charge in [0, 0.05) is 11.6 Å². The molecule has 0 amide bonds. The minimum atomic E-state index is -0.759. The fourth-order valence-electron chi connectivity index (χ4n) is 1.16. The first-order chi connectivity index (χ1) is 7.18. The molecule has 0 bridgehead atoms. The average Bonchev–Trinajstić information content (AvgIpc) is 2.67. The summed E-state index contributed by atoms with van der Waals surface area (Å²) in [7, 11) is 0. The first kappa shape index (κ1) is 9.86. The zero-order valence-corrected chi connectivity index (χ0v) is 8.16. The van der Waals surface area contributed by atoms with Gasteiger partial charge in [0.2, 0.25) is 5.76 Å². The van der Waals surface area contributed by atoms with E-state index >= 15 is 0 Å². The van der Waals surface area contributed by atoms with Gasteiger partial charge in [0.15, 0.2) is 0 Å². The maximum absolute atomic E-state index is 13.3. The number of carbonyl (C=O) groups excluding carboxylic acids is 1. The van der Waals surface area contributed by atoms with Gasteiger partial charge < -0.3 is 4.52 Å². The molecule has 0 aliphatic carbocycles. The number of hydrogen-bond donors (Lipinski definition) is 0. The minimum Gasteiger partial charge on any atom is -0.351 e. The van der Waals surface area contributed by atoms with Crippen LogP contribution in [0.15, 0.2) is 34.9 Å². The van der Waals surface area contributed by atoms with Crippen LogP contribution in [0.4, 0.5) is 4.39 Å². The zero-order chi connectivity index (χ0) is 10.8. The van der Waals surface area contributed by atoms with Crippen LogP contribution >= 0.6 is 11.6 Å². The fourth-order valence-corrected chi connectivity index (χ4v) is 1.25. The number of rotatable bonds is 2. The van der Waals surface area contributed by atoms with Crippen molar-refractivity contribution in [1.29, 1.82) is 0 Å². The van der Waals surface area contributed by atoms with Gasteiger partial charge in [-0.3, -0.25) is 4.79 Å². The minimum absolute atomic E-state index is 0.102. The van der Waals surface area contributed by atoms with Crippen molar-refractivity contribution in [2.45, 2.75) is 0 Å². The molecule has 2 aromatic rings. The van der Waals surface area contributed by atoms with Crippen LogP contribution in [-0.2, 0) is 0 Å². The molecule has 0 saturated carbocycles. The van der Waals surface area contributed by atoms with Gasteiger partial charge in [-0.25, -0.2) is 4.39 Å². The fraction of sp³-hybridized carbons (Fsp3) is 0. The van der Waals surface area contributed by atoms with E-state index in [1.54, 1.807) is 12.1 Å². The van der Waals surface area contributed by atoms with Gasteiger partial charge in [0.25, 0.3) is 5.24 Å². The molecule has 0 aliphatic rings. The van der Waals surface area contributed by atoms with Crippen LogP contribution in [0.2, 0.25) is 0 Å². The van der Waals surface area contributed by atoms with E-state index < -0.39 is 11.1 Å². The third-order valence-electron chi connectivity index (χ3n) is 1.85. The number of aromatic nitrogens is 1. The molecule has 76 valence electrons. The Morgan fingerprint density at radius 1 is 1.40 bits per heavy atom. The van der Waals surface area contributed by atoms with E-state index in [1.165, 1.54) is 18.2 Å². The Morgan fingerprint density at radius 2 is 2.13 bits per heavy atom. The number of benzene rings is 1. The first-order valence-corrected chi connectivity index (χ1v) is 4.48. The van der Waals surface area contributed by atoms with Crippen LogP contribution in [0.5, 0.6) is 0 Å². The molecule has 0 atom stereocenters. The van der Waals surface area contributed by atoms with Crippen molar-refractivity contribution in [1.82, 2.24) is 5.16 Å². The molecule has 1 aromatic carbocycles.